The molecule has 0 saturated heterocycles. The number of anilines is 9. The lowest BCUT2D eigenvalue weighted by molar-refractivity contribution is 0.661. The molecule has 350 valence electrons. The van der Waals surface area contributed by atoms with E-state index >= 15 is 0 Å². The van der Waals surface area contributed by atoms with E-state index in [-0.39, 0.29) is 0 Å². The smallest absolute Gasteiger partial charge is 0.138 e. The Hall–Kier alpha value is -9.65. The summed E-state index contributed by atoms with van der Waals surface area (Å²) in [6, 6.07) is 84.8. The monoisotopic (exact) mass is 948 g/mol. The third-order valence-electron chi connectivity index (χ3n) is 15.0. The van der Waals surface area contributed by atoms with E-state index in [1.807, 2.05) is 18.6 Å². The van der Waals surface area contributed by atoms with Crippen molar-refractivity contribution in [1.29, 1.82) is 0 Å². The lowest BCUT2D eigenvalue weighted by Gasteiger charge is -2.33. The number of rotatable bonds is 9. The zero-order chi connectivity index (χ0) is 49.3. The molecule has 10 aromatic carbocycles. The highest BCUT2D eigenvalue weighted by Crippen LogP contribution is 2.57. The van der Waals surface area contributed by atoms with Crippen molar-refractivity contribution in [2.24, 2.45) is 0 Å². The summed E-state index contributed by atoms with van der Waals surface area (Å²) in [5, 5.41) is 11.1. The standard InChI is InChI=1S/C68H48N6/c1-68(2)61-39-54(72(51-26-6-3-7-27-51)63-36-45-20-12-15-23-48(45)42-69-63)34-35-55(61)58-40-59-60(41-62(58)68)67(74(53-30-10-5-11-31-53)65-38-47-22-14-17-25-50(47)44-71-65)57-33-19-18-32-56(57)66(59)73(52-28-8-4-9-29-52)64-37-46-21-13-16-24-49(46)43-70-64/h3-44H,1-2H3. The number of hydrogen-bond acceptors (Lipinski definition) is 6. The molecule has 0 N–H and O–H groups in total. The van der Waals surface area contributed by atoms with Gasteiger partial charge in [-0.3, -0.25) is 14.7 Å². The van der Waals surface area contributed by atoms with Crippen LogP contribution in [0.25, 0.3) is 65.0 Å². The second kappa shape index (κ2) is 17.3. The SMILES string of the molecule is CC1(C)c2cc(N(c3ccccc3)c3cc4ccccc4cn3)ccc2-c2cc3c(N(c4ccccc4)c4cc5ccccc5cn4)c4ccccc4c(N(c4ccccc4)c4cc5ccccc5cn4)c3cc21. The summed E-state index contributed by atoms with van der Waals surface area (Å²) in [7, 11) is 0. The molecule has 0 fully saturated rings. The summed E-state index contributed by atoms with van der Waals surface area (Å²) < 4.78 is 0. The van der Waals surface area contributed by atoms with Crippen molar-refractivity contribution in [3.05, 3.63) is 266 Å². The lowest BCUT2D eigenvalue weighted by Crippen LogP contribution is -2.18. The van der Waals surface area contributed by atoms with Gasteiger partial charge in [-0.05, 0) is 117 Å². The Bertz CT molecular complexity index is 4310. The molecular weight excluding hydrogens is 901 g/mol. The molecule has 1 aliphatic carbocycles. The van der Waals surface area contributed by atoms with Gasteiger partial charge in [0.05, 0.1) is 11.4 Å². The maximum Gasteiger partial charge on any atom is 0.138 e. The molecular formula is C68H48N6. The molecule has 14 rings (SSSR count). The molecule has 3 heterocycles. The average molecular weight is 949 g/mol. The summed E-state index contributed by atoms with van der Waals surface area (Å²) >= 11 is 0. The lowest BCUT2D eigenvalue weighted by atomic mass is 9.81. The van der Waals surface area contributed by atoms with Crippen molar-refractivity contribution in [2.45, 2.75) is 19.3 Å². The van der Waals surface area contributed by atoms with Gasteiger partial charge in [-0.1, -0.05) is 172 Å². The third-order valence-corrected chi connectivity index (χ3v) is 15.0. The van der Waals surface area contributed by atoms with Gasteiger partial charge in [0.1, 0.15) is 17.5 Å². The second-order valence-corrected chi connectivity index (χ2v) is 19.7. The fraction of sp³-hybridized carbons (Fsp3) is 0.0441. The highest BCUT2D eigenvalue weighted by molar-refractivity contribution is 6.24. The molecule has 0 spiro atoms. The molecule has 0 saturated carbocycles. The van der Waals surface area contributed by atoms with Crippen LogP contribution in [0.15, 0.2) is 255 Å². The van der Waals surface area contributed by atoms with Gasteiger partial charge in [-0.2, -0.15) is 0 Å². The molecule has 0 aliphatic heterocycles. The van der Waals surface area contributed by atoms with Crippen LogP contribution in [0.4, 0.5) is 51.6 Å². The zero-order valence-electron chi connectivity index (χ0n) is 40.9. The molecule has 13 aromatic rings. The molecule has 3 aromatic heterocycles. The van der Waals surface area contributed by atoms with E-state index in [1.54, 1.807) is 0 Å². The summed E-state index contributed by atoms with van der Waals surface area (Å²) in [5.74, 6) is 2.53. The highest BCUT2D eigenvalue weighted by atomic mass is 15.2. The molecule has 0 radical (unpaired) electrons. The Kier molecular flexibility index (Phi) is 10.1. The van der Waals surface area contributed by atoms with Gasteiger partial charge >= 0.3 is 0 Å². The van der Waals surface area contributed by atoms with Crippen LogP contribution in [-0.4, -0.2) is 15.0 Å². The van der Waals surface area contributed by atoms with Crippen LogP contribution in [0.1, 0.15) is 25.0 Å². The van der Waals surface area contributed by atoms with Crippen molar-refractivity contribution in [3.63, 3.8) is 0 Å². The van der Waals surface area contributed by atoms with E-state index in [2.05, 4.69) is 265 Å². The van der Waals surface area contributed by atoms with Crippen LogP contribution in [0.3, 0.4) is 0 Å². The normalized spacial score (nSPS) is 12.6. The first-order valence-electron chi connectivity index (χ1n) is 25.2. The maximum absolute atomic E-state index is 5.28. The predicted octanol–water partition coefficient (Wildman–Crippen LogP) is 18.4. The quantitative estimate of drug-likeness (QED) is 0.106. The molecule has 6 heteroatoms. The van der Waals surface area contributed by atoms with Gasteiger partial charge in [-0.15, -0.1) is 0 Å². The molecule has 1 aliphatic rings. The second-order valence-electron chi connectivity index (χ2n) is 19.7. The number of pyridine rings is 3. The van der Waals surface area contributed by atoms with Crippen LogP contribution < -0.4 is 14.7 Å². The number of nitrogens with zero attached hydrogens (tertiary/aromatic N) is 6. The van der Waals surface area contributed by atoms with Crippen molar-refractivity contribution < 1.29 is 0 Å². The van der Waals surface area contributed by atoms with Gasteiger partial charge in [0, 0.05) is 84.5 Å². The number of aromatic nitrogens is 3. The van der Waals surface area contributed by atoms with Gasteiger partial charge in [0.15, 0.2) is 0 Å². The van der Waals surface area contributed by atoms with Gasteiger partial charge in [-0.25, -0.2) is 15.0 Å². The van der Waals surface area contributed by atoms with Gasteiger partial charge < -0.3 is 0 Å². The van der Waals surface area contributed by atoms with Crippen LogP contribution >= 0.6 is 0 Å². The summed E-state index contributed by atoms with van der Waals surface area (Å²) in [6.45, 7) is 4.76. The largest absolute Gasteiger partial charge is 0.295 e. The molecule has 0 bridgehead atoms. The Morgan fingerprint density at radius 1 is 0.284 bits per heavy atom. The number of benzene rings is 10. The number of para-hydroxylation sites is 3. The topological polar surface area (TPSA) is 48.4 Å². The van der Waals surface area contributed by atoms with Gasteiger partial charge in [0.25, 0.3) is 0 Å². The summed E-state index contributed by atoms with van der Waals surface area (Å²) in [4.78, 5) is 22.7. The van der Waals surface area contributed by atoms with Crippen molar-refractivity contribution >= 4 is 105 Å². The van der Waals surface area contributed by atoms with Gasteiger partial charge in [0.2, 0.25) is 0 Å². The minimum atomic E-state index is -0.408. The number of fused-ring (bicyclic) bond motifs is 8. The highest BCUT2D eigenvalue weighted by Gasteiger charge is 2.38. The predicted molar refractivity (Wildman–Crippen MR) is 309 cm³/mol. The first-order valence-corrected chi connectivity index (χ1v) is 25.2. The molecule has 6 nitrogen and oxygen atoms in total. The fourth-order valence-electron chi connectivity index (χ4n) is 11.4. The van der Waals surface area contributed by atoms with E-state index in [0.29, 0.717) is 0 Å². The number of hydrogen-bond donors (Lipinski definition) is 0. The van der Waals surface area contributed by atoms with E-state index in [1.165, 1.54) is 22.3 Å². The van der Waals surface area contributed by atoms with Crippen LogP contribution in [-0.2, 0) is 5.41 Å². The van der Waals surface area contributed by atoms with E-state index in [0.717, 1.165) is 105 Å². The van der Waals surface area contributed by atoms with Crippen LogP contribution in [0, 0.1) is 0 Å². The fourth-order valence-corrected chi connectivity index (χ4v) is 11.4. The Balaban J connectivity index is 1.07. The first kappa shape index (κ1) is 43.2. The Morgan fingerprint density at radius 2 is 0.649 bits per heavy atom. The van der Waals surface area contributed by atoms with E-state index in [4.69, 9.17) is 15.0 Å². The summed E-state index contributed by atoms with van der Waals surface area (Å²) in [6.07, 6.45) is 5.99. The molecule has 0 amide bonds. The third kappa shape index (κ3) is 7.06. The molecule has 0 unspecified atom stereocenters. The minimum Gasteiger partial charge on any atom is -0.295 e. The van der Waals surface area contributed by atoms with Crippen molar-refractivity contribution in [2.75, 3.05) is 14.7 Å². The van der Waals surface area contributed by atoms with Crippen LogP contribution in [0.2, 0.25) is 0 Å². The first-order chi connectivity index (χ1) is 36.5. The molecule has 0 atom stereocenters. The molecule has 74 heavy (non-hydrogen) atoms. The van der Waals surface area contributed by atoms with E-state index in [9.17, 15) is 0 Å². The van der Waals surface area contributed by atoms with E-state index < -0.39 is 5.41 Å². The Morgan fingerprint density at radius 3 is 1.11 bits per heavy atom. The zero-order valence-corrected chi connectivity index (χ0v) is 40.9. The van der Waals surface area contributed by atoms with Crippen LogP contribution in [0.5, 0.6) is 0 Å². The summed E-state index contributed by atoms with van der Waals surface area (Å²) in [5.41, 5.74) is 10.7. The minimum absolute atomic E-state index is 0.408. The van der Waals surface area contributed by atoms with Crippen molar-refractivity contribution in [3.8, 4) is 11.1 Å². The Labute approximate surface area is 429 Å². The average Bonchev–Trinajstić information content (AvgIpc) is 3.75. The van der Waals surface area contributed by atoms with Crippen molar-refractivity contribution in [1.82, 2.24) is 15.0 Å². The maximum atomic E-state index is 5.28.